The van der Waals surface area contributed by atoms with Crippen LogP contribution in [0.4, 0.5) is 0 Å². The first-order valence-electron chi connectivity index (χ1n) is 8.03. The van der Waals surface area contributed by atoms with Crippen LogP contribution in [0.15, 0.2) is 47.5 Å². The Kier molecular flexibility index (Phi) is 4.55. The quantitative estimate of drug-likeness (QED) is 0.889. The number of amides is 1. The summed E-state index contributed by atoms with van der Waals surface area (Å²) in [6.07, 6.45) is 8.15. The number of nitrogens with one attached hydrogen (secondary N) is 2. The molecule has 1 aromatic carbocycles. The van der Waals surface area contributed by atoms with Crippen molar-refractivity contribution in [3.63, 3.8) is 0 Å². The third-order valence-corrected chi connectivity index (χ3v) is 4.61. The van der Waals surface area contributed by atoms with Crippen molar-refractivity contribution >= 4 is 5.91 Å². The Bertz CT molecular complexity index is 718. The van der Waals surface area contributed by atoms with Crippen LogP contribution < -0.4 is 10.9 Å². The van der Waals surface area contributed by atoms with E-state index in [1.54, 1.807) is 0 Å². The Labute approximate surface area is 135 Å². The van der Waals surface area contributed by atoms with Gasteiger partial charge in [0.25, 0.3) is 11.5 Å². The molecule has 120 valence electrons. The van der Waals surface area contributed by atoms with Crippen LogP contribution in [0.3, 0.4) is 0 Å². The maximum atomic E-state index is 12.2. The highest BCUT2D eigenvalue weighted by Gasteiger charge is 2.34. The molecule has 1 heterocycles. The third-order valence-electron chi connectivity index (χ3n) is 4.61. The van der Waals surface area contributed by atoms with E-state index in [0.717, 1.165) is 25.5 Å². The van der Waals surface area contributed by atoms with E-state index in [1.807, 2.05) is 6.07 Å². The van der Waals surface area contributed by atoms with Gasteiger partial charge in [-0.1, -0.05) is 43.2 Å². The zero-order chi connectivity index (χ0) is 16.1. The Hall–Kier alpha value is -2.43. The fourth-order valence-corrected chi connectivity index (χ4v) is 3.43. The number of rotatable bonds is 5. The molecule has 1 fully saturated rings. The predicted octanol–water partition coefficient (Wildman–Crippen LogP) is 2.30. The maximum Gasteiger partial charge on any atom is 0.269 e. The fourth-order valence-electron chi connectivity index (χ4n) is 3.43. The molecule has 2 aromatic rings. The molecule has 2 N–H and O–H groups in total. The van der Waals surface area contributed by atoms with Gasteiger partial charge in [-0.2, -0.15) is 0 Å². The number of hydrogen-bond donors (Lipinski definition) is 2. The largest absolute Gasteiger partial charge is 0.350 e. The van der Waals surface area contributed by atoms with Crippen LogP contribution in [0.5, 0.6) is 0 Å². The Morgan fingerprint density at radius 1 is 1.17 bits per heavy atom. The number of nitrogens with zero attached hydrogens (tertiary/aromatic N) is 1. The Balaban J connectivity index is 1.68. The standard InChI is InChI=1S/C18H21N3O2/c22-16-12-19-11-15(21-16)17(23)20-13-18(8-4-5-9-18)10-14-6-2-1-3-7-14/h1-3,6-7,11-12H,4-5,8-10,13H2,(H,20,23)(H,21,22). The molecule has 1 amide bonds. The number of carbonyl (C=O) groups excluding carboxylic acids is 1. The SMILES string of the molecule is O=C(NCC1(Cc2ccccc2)CCCC1)c1cncc(=O)[nH]1. The molecular formula is C18H21N3O2. The molecule has 0 atom stereocenters. The van der Waals surface area contributed by atoms with Gasteiger partial charge in [-0.25, -0.2) is 0 Å². The van der Waals surface area contributed by atoms with E-state index in [0.29, 0.717) is 6.54 Å². The highest BCUT2D eigenvalue weighted by Crippen LogP contribution is 2.40. The summed E-state index contributed by atoms with van der Waals surface area (Å²) >= 11 is 0. The summed E-state index contributed by atoms with van der Waals surface area (Å²) in [5.41, 5.74) is 1.26. The molecule has 1 aliphatic rings. The molecule has 0 bridgehead atoms. The van der Waals surface area contributed by atoms with E-state index in [2.05, 4.69) is 39.6 Å². The second kappa shape index (κ2) is 6.77. The minimum absolute atomic E-state index is 0.111. The molecule has 0 unspecified atom stereocenters. The van der Waals surface area contributed by atoms with E-state index in [4.69, 9.17) is 0 Å². The van der Waals surface area contributed by atoms with Crippen LogP contribution >= 0.6 is 0 Å². The molecule has 3 rings (SSSR count). The van der Waals surface area contributed by atoms with Gasteiger partial charge in [-0.05, 0) is 30.2 Å². The smallest absolute Gasteiger partial charge is 0.269 e. The highest BCUT2D eigenvalue weighted by molar-refractivity contribution is 5.91. The van der Waals surface area contributed by atoms with Crippen LogP contribution in [0.25, 0.3) is 0 Å². The summed E-state index contributed by atoms with van der Waals surface area (Å²) in [5.74, 6) is -0.269. The monoisotopic (exact) mass is 311 g/mol. The minimum atomic E-state index is -0.363. The molecule has 5 heteroatoms. The second-order valence-corrected chi connectivity index (χ2v) is 6.36. The van der Waals surface area contributed by atoms with E-state index in [1.165, 1.54) is 24.6 Å². The van der Waals surface area contributed by atoms with Crippen molar-refractivity contribution in [2.45, 2.75) is 32.1 Å². The number of hydrogen-bond acceptors (Lipinski definition) is 3. The molecule has 5 nitrogen and oxygen atoms in total. The van der Waals surface area contributed by atoms with Gasteiger partial charge in [-0.3, -0.25) is 14.6 Å². The average Bonchev–Trinajstić information content (AvgIpc) is 3.02. The maximum absolute atomic E-state index is 12.2. The average molecular weight is 311 g/mol. The van der Waals surface area contributed by atoms with Gasteiger partial charge in [0.05, 0.1) is 12.4 Å². The summed E-state index contributed by atoms with van der Waals surface area (Å²) in [4.78, 5) is 29.8. The van der Waals surface area contributed by atoms with Crippen molar-refractivity contribution in [3.05, 3.63) is 64.3 Å². The lowest BCUT2D eigenvalue weighted by Gasteiger charge is -2.29. The van der Waals surface area contributed by atoms with Gasteiger partial charge in [-0.15, -0.1) is 0 Å². The van der Waals surface area contributed by atoms with Crippen LogP contribution in [-0.2, 0) is 6.42 Å². The van der Waals surface area contributed by atoms with Crippen molar-refractivity contribution in [3.8, 4) is 0 Å². The molecule has 1 aromatic heterocycles. The van der Waals surface area contributed by atoms with Crippen LogP contribution in [-0.4, -0.2) is 22.4 Å². The third kappa shape index (κ3) is 3.86. The van der Waals surface area contributed by atoms with Gasteiger partial charge in [0.15, 0.2) is 0 Å². The predicted molar refractivity (Wildman–Crippen MR) is 88.2 cm³/mol. The van der Waals surface area contributed by atoms with Crippen molar-refractivity contribution in [2.24, 2.45) is 5.41 Å². The van der Waals surface area contributed by atoms with Gasteiger partial charge in [0.1, 0.15) is 5.69 Å². The summed E-state index contributed by atoms with van der Waals surface area (Å²) in [6.45, 7) is 0.623. The molecule has 0 aliphatic heterocycles. The van der Waals surface area contributed by atoms with Crippen molar-refractivity contribution < 1.29 is 4.79 Å². The van der Waals surface area contributed by atoms with E-state index < -0.39 is 0 Å². The minimum Gasteiger partial charge on any atom is -0.350 e. The molecule has 23 heavy (non-hydrogen) atoms. The van der Waals surface area contributed by atoms with Crippen LogP contribution in [0, 0.1) is 5.41 Å². The summed E-state index contributed by atoms with van der Waals surface area (Å²) in [7, 11) is 0. The highest BCUT2D eigenvalue weighted by atomic mass is 16.2. The number of H-pyrrole nitrogens is 1. The molecular weight excluding hydrogens is 290 g/mol. The Morgan fingerprint density at radius 3 is 2.61 bits per heavy atom. The van der Waals surface area contributed by atoms with Gasteiger partial charge in [0.2, 0.25) is 0 Å². The normalized spacial score (nSPS) is 16.2. The number of carbonyl (C=O) groups is 1. The molecule has 0 radical (unpaired) electrons. The van der Waals surface area contributed by atoms with E-state index >= 15 is 0 Å². The Morgan fingerprint density at radius 2 is 1.91 bits per heavy atom. The zero-order valence-corrected chi connectivity index (χ0v) is 13.0. The molecule has 0 spiro atoms. The zero-order valence-electron chi connectivity index (χ0n) is 13.0. The first-order valence-corrected chi connectivity index (χ1v) is 8.03. The number of aromatic nitrogens is 2. The number of aromatic amines is 1. The van der Waals surface area contributed by atoms with Crippen molar-refractivity contribution in [2.75, 3.05) is 6.54 Å². The van der Waals surface area contributed by atoms with Gasteiger partial charge < -0.3 is 10.3 Å². The topological polar surface area (TPSA) is 74.8 Å². The summed E-state index contributed by atoms with van der Waals surface area (Å²) in [6, 6.07) is 10.4. The molecule has 0 saturated heterocycles. The molecule has 1 saturated carbocycles. The summed E-state index contributed by atoms with van der Waals surface area (Å²) in [5, 5.41) is 2.98. The lowest BCUT2D eigenvalue weighted by Crippen LogP contribution is -2.38. The van der Waals surface area contributed by atoms with Crippen LogP contribution in [0.2, 0.25) is 0 Å². The van der Waals surface area contributed by atoms with E-state index in [-0.39, 0.29) is 22.6 Å². The first kappa shape index (κ1) is 15.5. The lowest BCUT2D eigenvalue weighted by atomic mass is 9.80. The number of benzene rings is 1. The second-order valence-electron chi connectivity index (χ2n) is 6.36. The van der Waals surface area contributed by atoms with Gasteiger partial charge in [0, 0.05) is 6.54 Å². The van der Waals surface area contributed by atoms with Crippen molar-refractivity contribution in [1.29, 1.82) is 0 Å². The van der Waals surface area contributed by atoms with E-state index in [9.17, 15) is 9.59 Å². The molecule has 1 aliphatic carbocycles. The lowest BCUT2D eigenvalue weighted by molar-refractivity contribution is 0.0924. The van der Waals surface area contributed by atoms with Crippen molar-refractivity contribution in [1.82, 2.24) is 15.3 Å². The summed E-state index contributed by atoms with van der Waals surface area (Å²) < 4.78 is 0. The van der Waals surface area contributed by atoms with Gasteiger partial charge >= 0.3 is 0 Å². The first-order chi connectivity index (χ1) is 11.2. The fraction of sp³-hybridized carbons (Fsp3) is 0.389. The van der Waals surface area contributed by atoms with Crippen LogP contribution in [0.1, 0.15) is 41.7 Å².